The largest absolute Gasteiger partial charge is 0.0856 e. The quantitative estimate of drug-likeness (QED) is 0.491. The van der Waals surface area contributed by atoms with E-state index in [0.717, 1.165) is 11.8 Å². The maximum atomic E-state index is 2.41. The van der Waals surface area contributed by atoms with Crippen LogP contribution < -0.4 is 0 Å². The number of hydrogen-bond acceptors (Lipinski definition) is 0. The topological polar surface area (TPSA) is 0 Å². The fourth-order valence-corrected chi connectivity index (χ4v) is 1.81. The molecule has 0 aliphatic rings. The third kappa shape index (κ3) is 5.47. The van der Waals surface area contributed by atoms with Gasteiger partial charge in [0.1, 0.15) is 0 Å². The Labute approximate surface area is 90.8 Å². The van der Waals surface area contributed by atoms with E-state index in [2.05, 4.69) is 40.7 Å². The van der Waals surface area contributed by atoms with Gasteiger partial charge in [0.05, 0.1) is 0 Å². The van der Waals surface area contributed by atoms with Crippen molar-refractivity contribution in [2.45, 2.75) is 66.7 Å². The lowest BCUT2D eigenvalue weighted by Crippen LogP contribution is -2.06. The molecule has 14 heavy (non-hydrogen) atoms. The van der Waals surface area contributed by atoms with Gasteiger partial charge in [-0.05, 0) is 37.5 Å². The van der Waals surface area contributed by atoms with Crippen LogP contribution in [0.25, 0.3) is 0 Å². The van der Waals surface area contributed by atoms with E-state index in [1.165, 1.54) is 32.1 Å². The van der Waals surface area contributed by atoms with E-state index in [1.54, 1.807) is 5.57 Å². The molecule has 0 aliphatic carbocycles. The van der Waals surface area contributed by atoms with Crippen molar-refractivity contribution >= 4 is 0 Å². The van der Waals surface area contributed by atoms with Gasteiger partial charge in [0.15, 0.2) is 0 Å². The molecule has 0 aromatic rings. The molecular formula is C14H28. The van der Waals surface area contributed by atoms with E-state index < -0.39 is 0 Å². The normalized spacial score (nSPS) is 16.8. The van der Waals surface area contributed by atoms with Gasteiger partial charge in [-0.15, -0.1) is 0 Å². The van der Waals surface area contributed by atoms with Gasteiger partial charge in [-0.25, -0.2) is 0 Å². The third-order valence-corrected chi connectivity index (χ3v) is 3.48. The highest BCUT2D eigenvalue weighted by molar-refractivity contribution is 5.00. The molecule has 0 saturated heterocycles. The summed E-state index contributed by atoms with van der Waals surface area (Å²) in [6.45, 7) is 11.6. The van der Waals surface area contributed by atoms with E-state index in [-0.39, 0.29) is 0 Å². The van der Waals surface area contributed by atoms with Crippen LogP contribution in [0.15, 0.2) is 11.6 Å². The van der Waals surface area contributed by atoms with Crippen LogP contribution in [0.2, 0.25) is 0 Å². The molecular weight excluding hydrogens is 168 g/mol. The van der Waals surface area contributed by atoms with Crippen LogP contribution in [0.1, 0.15) is 66.7 Å². The number of allylic oxidation sites excluding steroid dienone is 2. The van der Waals surface area contributed by atoms with E-state index in [1.807, 2.05) is 0 Å². The zero-order chi connectivity index (χ0) is 11.0. The van der Waals surface area contributed by atoms with Crippen molar-refractivity contribution in [3.8, 4) is 0 Å². The molecule has 84 valence electrons. The van der Waals surface area contributed by atoms with Crippen molar-refractivity contribution in [2.24, 2.45) is 11.8 Å². The fourth-order valence-electron chi connectivity index (χ4n) is 1.81. The zero-order valence-electron chi connectivity index (χ0n) is 10.8. The minimum absolute atomic E-state index is 0.881. The first-order chi connectivity index (χ1) is 6.65. The molecule has 0 aliphatic heterocycles. The molecule has 2 unspecified atom stereocenters. The lowest BCUT2D eigenvalue weighted by Gasteiger charge is -2.18. The lowest BCUT2D eigenvalue weighted by molar-refractivity contribution is 0.354. The lowest BCUT2D eigenvalue weighted by atomic mass is 9.88. The number of hydrogen-bond donors (Lipinski definition) is 0. The Morgan fingerprint density at radius 1 is 1.07 bits per heavy atom. The summed E-state index contributed by atoms with van der Waals surface area (Å²) in [6.07, 6.45) is 8.84. The number of rotatable bonds is 7. The van der Waals surface area contributed by atoms with Gasteiger partial charge in [-0.2, -0.15) is 0 Å². The maximum Gasteiger partial charge on any atom is -0.0318 e. The average Bonchev–Trinajstić information content (AvgIpc) is 2.22. The fraction of sp³-hybridized carbons (Fsp3) is 0.857. The van der Waals surface area contributed by atoms with Crippen molar-refractivity contribution in [2.75, 3.05) is 0 Å². The summed E-state index contributed by atoms with van der Waals surface area (Å²) in [6, 6.07) is 0. The van der Waals surface area contributed by atoms with Gasteiger partial charge < -0.3 is 0 Å². The predicted molar refractivity (Wildman–Crippen MR) is 66.5 cm³/mol. The molecule has 0 heteroatoms. The molecule has 0 nitrogen and oxygen atoms in total. The Bertz CT molecular complexity index is 155. The summed E-state index contributed by atoms with van der Waals surface area (Å²) in [4.78, 5) is 0. The van der Waals surface area contributed by atoms with Crippen molar-refractivity contribution in [3.63, 3.8) is 0 Å². The second kappa shape index (κ2) is 8.08. The van der Waals surface area contributed by atoms with Gasteiger partial charge in [-0.1, -0.05) is 52.7 Å². The Kier molecular flexibility index (Phi) is 7.93. The molecule has 0 N–H and O–H groups in total. The summed E-state index contributed by atoms with van der Waals surface area (Å²) < 4.78 is 0. The Hall–Kier alpha value is -0.260. The minimum atomic E-state index is 0.881. The van der Waals surface area contributed by atoms with Crippen molar-refractivity contribution in [1.82, 2.24) is 0 Å². The van der Waals surface area contributed by atoms with Crippen molar-refractivity contribution in [3.05, 3.63) is 11.6 Å². The second-order valence-corrected chi connectivity index (χ2v) is 4.53. The van der Waals surface area contributed by atoms with Crippen LogP contribution in [0.3, 0.4) is 0 Å². The summed E-state index contributed by atoms with van der Waals surface area (Å²) in [5.74, 6) is 1.77. The summed E-state index contributed by atoms with van der Waals surface area (Å²) in [7, 11) is 0. The van der Waals surface area contributed by atoms with Gasteiger partial charge >= 0.3 is 0 Å². The maximum absolute atomic E-state index is 2.41. The minimum Gasteiger partial charge on any atom is -0.0856 e. The monoisotopic (exact) mass is 196 g/mol. The van der Waals surface area contributed by atoms with E-state index in [0.29, 0.717) is 0 Å². The van der Waals surface area contributed by atoms with Crippen LogP contribution in [-0.2, 0) is 0 Å². The highest BCUT2D eigenvalue weighted by atomic mass is 14.2. The standard InChI is InChI=1S/C14H28/c1-6-9-14(8-3)11-10-13(5)12(4)7-2/h9,12-13H,6-8,10-11H2,1-5H3/b14-9-. The second-order valence-electron chi connectivity index (χ2n) is 4.53. The van der Waals surface area contributed by atoms with E-state index in [4.69, 9.17) is 0 Å². The summed E-state index contributed by atoms with van der Waals surface area (Å²) >= 11 is 0. The van der Waals surface area contributed by atoms with Crippen LogP contribution >= 0.6 is 0 Å². The van der Waals surface area contributed by atoms with Gasteiger partial charge in [-0.3, -0.25) is 0 Å². The molecule has 0 spiro atoms. The Morgan fingerprint density at radius 2 is 1.71 bits per heavy atom. The smallest absolute Gasteiger partial charge is 0.0318 e. The highest BCUT2D eigenvalue weighted by Gasteiger charge is 2.09. The molecule has 0 fully saturated rings. The van der Waals surface area contributed by atoms with Crippen LogP contribution in [0.4, 0.5) is 0 Å². The Morgan fingerprint density at radius 3 is 2.14 bits per heavy atom. The van der Waals surface area contributed by atoms with Gasteiger partial charge in [0.25, 0.3) is 0 Å². The highest BCUT2D eigenvalue weighted by Crippen LogP contribution is 2.22. The van der Waals surface area contributed by atoms with E-state index >= 15 is 0 Å². The molecule has 0 aromatic carbocycles. The van der Waals surface area contributed by atoms with Crippen molar-refractivity contribution < 1.29 is 0 Å². The van der Waals surface area contributed by atoms with Crippen LogP contribution in [0.5, 0.6) is 0 Å². The first-order valence-electron chi connectivity index (χ1n) is 6.33. The Balaban J connectivity index is 3.85. The third-order valence-electron chi connectivity index (χ3n) is 3.48. The molecule has 0 radical (unpaired) electrons. The molecule has 0 bridgehead atoms. The molecule has 0 rings (SSSR count). The molecule has 2 atom stereocenters. The zero-order valence-corrected chi connectivity index (χ0v) is 10.8. The molecule has 0 heterocycles. The average molecular weight is 196 g/mol. The summed E-state index contributed by atoms with van der Waals surface area (Å²) in [5.41, 5.74) is 1.66. The van der Waals surface area contributed by atoms with Gasteiger partial charge in [0.2, 0.25) is 0 Å². The van der Waals surface area contributed by atoms with E-state index in [9.17, 15) is 0 Å². The SMILES string of the molecule is CC/C=C(/CC)CCC(C)C(C)CC. The predicted octanol–water partition coefficient (Wildman–Crippen LogP) is 5.20. The van der Waals surface area contributed by atoms with Crippen LogP contribution in [0, 0.1) is 11.8 Å². The van der Waals surface area contributed by atoms with Gasteiger partial charge in [0, 0.05) is 0 Å². The first kappa shape index (κ1) is 13.7. The van der Waals surface area contributed by atoms with Crippen LogP contribution in [-0.4, -0.2) is 0 Å². The van der Waals surface area contributed by atoms with Crippen molar-refractivity contribution in [1.29, 1.82) is 0 Å². The molecule has 0 amide bonds. The molecule has 0 saturated carbocycles. The molecule has 0 aromatic heterocycles. The summed E-state index contributed by atoms with van der Waals surface area (Å²) in [5, 5.41) is 0. The first-order valence-corrected chi connectivity index (χ1v) is 6.33.